The molecule has 0 spiro atoms. The molecule has 16 aromatic rings. The van der Waals surface area contributed by atoms with Crippen LogP contribution in [0.15, 0.2) is 276 Å². The van der Waals surface area contributed by atoms with Gasteiger partial charge in [-0.15, -0.1) is 0 Å². The number of nitrogens with two attached hydrogens (primary N) is 1. The number of halogens is 5. The van der Waals surface area contributed by atoms with Gasteiger partial charge >= 0.3 is 0 Å². The van der Waals surface area contributed by atoms with Gasteiger partial charge in [-0.1, -0.05) is 185 Å². The number of benzene rings is 9. The van der Waals surface area contributed by atoms with Crippen LogP contribution in [0.4, 0.5) is 34.9 Å². The van der Waals surface area contributed by atoms with Crippen molar-refractivity contribution in [1.29, 1.82) is 0 Å². The summed E-state index contributed by atoms with van der Waals surface area (Å²) in [6, 6.07) is 72.6. The highest BCUT2D eigenvalue weighted by molar-refractivity contribution is 6.37. The first-order chi connectivity index (χ1) is 69.3. The second-order valence-electron chi connectivity index (χ2n) is 33.1. The SMILES string of the molecule is CC(N)c1cc2cccc(Cl)c2c(=O)n1-c1ccccc1.CCN1CN(Cc2ccc(OC)cc2)c2ncnc(Cl)c2C1=O.CCN1CN(Cc2ccc(OC)cc2)c2ncnc(NC(C)c3cc4cccc(Cl)c4c(=O)n3-c3ccccc3)c2C1=O.CCN1CNc2ncnc(NC(C)c3cc4cccc(Cl)c4c(=O)n3-c3ccccc3)c2C1=O.CCNC(=O)c1c(Cl)ncnc1NCc1ccc(OC)cc1. The van der Waals surface area contributed by atoms with Crippen molar-refractivity contribution in [2.75, 3.05) is 98.6 Å². The lowest BCUT2D eigenvalue weighted by molar-refractivity contribution is 0.0740. The van der Waals surface area contributed by atoms with Crippen molar-refractivity contribution in [3.05, 3.63) is 374 Å². The van der Waals surface area contributed by atoms with E-state index in [2.05, 4.69) is 71.4 Å². The molecule has 3 unspecified atom stereocenters. The van der Waals surface area contributed by atoms with Crippen molar-refractivity contribution in [2.45, 2.75) is 86.2 Å². The zero-order chi connectivity index (χ0) is 101. The molecular weight excluding hydrogens is 1920 g/mol. The fourth-order valence-corrected chi connectivity index (χ4v) is 18.0. The first-order valence-corrected chi connectivity index (χ1v) is 47.9. The van der Waals surface area contributed by atoms with Gasteiger partial charge in [-0.3, -0.25) is 47.3 Å². The number of carbonyl (C=O) groups excluding carboxylic acids is 4. The highest BCUT2D eigenvalue weighted by atomic mass is 35.5. The number of ether oxygens (including phenoxy) is 3. The molecule has 9 aromatic carbocycles. The molecule has 732 valence electrons. The number of methoxy groups -OCH3 is 3. The van der Waals surface area contributed by atoms with Crippen molar-refractivity contribution in [3.8, 4) is 34.3 Å². The second-order valence-corrected chi connectivity index (χ2v) is 35.1. The van der Waals surface area contributed by atoms with E-state index in [-0.39, 0.29) is 68.3 Å². The van der Waals surface area contributed by atoms with E-state index in [1.807, 2.05) is 272 Å². The smallest absolute Gasteiger partial charge is 0.264 e. The molecule has 0 saturated carbocycles. The lowest BCUT2D eigenvalue weighted by Crippen LogP contribution is -2.47. The van der Waals surface area contributed by atoms with Gasteiger partial charge in [-0.2, -0.15) is 0 Å². The molecule has 3 atom stereocenters. The fourth-order valence-electron chi connectivity index (χ4n) is 16.8. The standard InChI is InChI=1S/C33H31ClN6O3.C25H23ClN6O2.C17H15ClN2O.C16H17ClN4O2.C15H17ClN4O2/c1-4-38-20-39(18-22-13-15-25(43-3)16-14-22)31-29(32(38)41)30(35-19-36-31)37-21(2)27-17-23-9-8-12-26(34)28(23)33(42)40(27)24-10-6-5-7-11-24;1-3-31-14-29-22-21(24(31)33)23(28-13-27-22)30-15(2)19-12-16-8-7-11-18(26)20(16)25(34)32(19)17-9-5-4-6-10-17;1-11(19)15-10-12-6-5-9-14(18)16(12)17(21)20(15)13-7-3-2-4-8-13;1-3-20-10-21(8-11-4-6-12(23-2)7-5-11)15-13(16(20)22)14(17)18-9-19-15;1-3-17-15(21)12-13(16)19-9-20-14(12)18-8-10-4-6-11(22-2)7-5-10/h5-17,19,21H,4,18,20H2,1-3H3,(H,35,36,37);4-13,15H,3,14H2,1-2H3,(H2,27,28,29,30);2-11H,19H2,1H3;4-7,9H,3,8,10H2,1-2H3;4-7,9H,3,8H2,1-2H3,(H,17,21)(H,18,19,20). The summed E-state index contributed by atoms with van der Waals surface area (Å²) < 4.78 is 20.5. The first kappa shape index (κ1) is 102. The van der Waals surface area contributed by atoms with E-state index in [0.29, 0.717) is 166 Å². The third kappa shape index (κ3) is 22.7. The van der Waals surface area contributed by atoms with E-state index in [9.17, 15) is 33.6 Å². The molecule has 3 aliphatic rings. The molecule has 0 fully saturated rings. The number of carbonyl (C=O) groups is 4. The highest BCUT2D eigenvalue weighted by Crippen LogP contribution is 2.38. The van der Waals surface area contributed by atoms with E-state index in [1.165, 1.54) is 25.3 Å². The number of amides is 4. The molecule has 0 saturated heterocycles. The predicted molar refractivity (Wildman–Crippen MR) is 564 cm³/mol. The highest BCUT2D eigenvalue weighted by Gasteiger charge is 2.37. The molecule has 4 amide bonds. The largest absolute Gasteiger partial charge is 0.497 e. The van der Waals surface area contributed by atoms with E-state index in [1.54, 1.807) is 67.9 Å². The molecular formula is C106H103Cl5N22O10. The van der Waals surface area contributed by atoms with Gasteiger partial charge in [-0.25, -0.2) is 39.9 Å². The Labute approximate surface area is 849 Å². The van der Waals surface area contributed by atoms with Crippen LogP contribution in [0, 0.1) is 0 Å². The molecule has 143 heavy (non-hydrogen) atoms. The molecule has 32 nitrogen and oxygen atoms in total. The minimum Gasteiger partial charge on any atom is -0.497 e. The van der Waals surface area contributed by atoms with Gasteiger partial charge in [0.25, 0.3) is 40.3 Å². The maximum absolute atomic E-state index is 13.9. The number of aromatic nitrogens is 11. The molecule has 0 radical (unpaired) electrons. The van der Waals surface area contributed by atoms with E-state index >= 15 is 0 Å². The Kier molecular flexibility index (Phi) is 33.2. The zero-order valence-corrected chi connectivity index (χ0v) is 83.6. The minimum absolute atomic E-state index is 0.123. The molecule has 37 heteroatoms. The van der Waals surface area contributed by atoms with Crippen molar-refractivity contribution in [3.63, 3.8) is 0 Å². The third-order valence-corrected chi connectivity index (χ3v) is 25.6. The number of pyridine rings is 3. The summed E-state index contributed by atoms with van der Waals surface area (Å²) in [5.74, 6) is 4.50. The predicted octanol–water partition coefficient (Wildman–Crippen LogP) is 19.3. The summed E-state index contributed by atoms with van der Waals surface area (Å²) in [6.07, 6.45) is 5.59. The molecule has 7 N–H and O–H groups in total. The fraction of sp³-hybridized carbons (Fsp3) is 0.217. The Hall–Kier alpha value is -15.6. The minimum atomic E-state index is -0.421. The van der Waals surface area contributed by atoms with Crippen molar-refractivity contribution < 1.29 is 33.4 Å². The van der Waals surface area contributed by atoms with Crippen LogP contribution in [0.25, 0.3) is 49.4 Å². The molecule has 19 rings (SSSR count). The summed E-state index contributed by atoms with van der Waals surface area (Å²) in [5.41, 5.74) is 14.5. The lowest BCUT2D eigenvalue weighted by Gasteiger charge is -2.37. The normalized spacial score (nSPS) is 13.1. The van der Waals surface area contributed by atoms with Crippen LogP contribution in [0.3, 0.4) is 0 Å². The van der Waals surface area contributed by atoms with E-state index < -0.39 is 6.04 Å². The van der Waals surface area contributed by atoms with Crippen LogP contribution in [-0.2, 0) is 19.6 Å². The summed E-state index contributed by atoms with van der Waals surface area (Å²) in [6.45, 7) is 18.5. The van der Waals surface area contributed by atoms with Gasteiger partial charge in [0.15, 0.2) is 0 Å². The quantitative estimate of drug-likeness (QED) is 0.0289. The topological polar surface area (TPSA) is 367 Å². The summed E-state index contributed by atoms with van der Waals surface area (Å²) in [5, 5.41) is 21.1. The number of anilines is 6. The Bertz CT molecular complexity index is 7510. The van der Waals surface area contributed by atoms with Crippen LogP contribution >= 0.6 is 58.0 Å². The lowest BCUT2D eigenvalue weighted by atomic mass is 10.1. The Morgan fingerprint density at radius 3 is 1.20 bits per heavy atom. The number of rotatable bonds is 25. The van der Waals surface area contributed by atoms with Gasteiger partial charge < -0.3 is 71.0 Å². The van der Waals surface area contributed by atoms with Crippen LogP contribution in [-0.4, -0.2) is 159 Å². The van der Waals surface area contributed by atoms with Crippen LogP contribution in [0.1, 0.15) is 142 Å². The Balaban J connectivity index is 0.000000139. The van der Waals surface area contributed by atoms with Gasteiger partial charge in [0, 0.05) is 86.0 Å². The summed E-state index contributed by atoms with van der Waals surface area (Å²) in [4.78, 5) is 135. The van der Waals surface area contributed by atoms with E-state index in [0.717, 1.165) is 67.2 Å². The average molecular weight is 2020 g/mol. The van der Waals surface area contributed by atoms with E-state index in [4.69, 9.17) is 77.9 Å². The Morgan fingerprint density at radius 1 is 0.406 bits per heavy atom. The molecule has 10 heterocycles. The van der Waals surface area contributed by atoms with Gasteiger partial charge in [0.1, 0.15) is 110 Å². The van der Waals surface area contributed by atoms with Crippen molar-refractivity contribution in [2.24, 2.45) is 5.73 Å². The van der Waals surface area contributed by atoms with Crippen LogP contribution in [0.2, 0.25) is 25.4 Å². The molecule has 0 bridgehead atoms. The van der Waals surface area contributed by atoms with Gasteiger partial charge in [0.2, 0.25) is 0 Å². The Morgan fingerprint density at radius 2 is 0.776 bits per heavy atom. The zero-order valence-electron chi connectivity index (χ0n) is 79.8. The van der Waals surface area contributed by atoms with Crippen LogP contribution < -0.4 is 73.0 Å². The maximum atomic E-state index is 13.9. The average Bonchev–Trinajstić information content (AvgIpc) is 0.765. The summed E-state index contributed by atoms with van der Waals surface area (Å²) >= 11 is 31.3. The number of hydrogen-bond acceptors (Lipinski definition) is 25. The molecule has 0 aliphatic carbocycles. The number of hydrogen-bond donors (Lipinski definition) is 6. The van der Waals surface area contributed by atoms with Gasteiger partial charge in [0.05, 0.1) is 84.6 Å². The van der Waals surface area contributed by atoms with Crippen molar-refractivity contribution in [1.82, 2.24) is 73.6 Å². The third-order valence-electron chi connectivity index (χ3n) is 24.0. The maximum Gasteiger partial charge on any atom is 0.264 e. The first-order valence-electron chi connectivity index (χ1n) is 46.0. The molecule has 7 aromatic heterocycles. The van der Waals surface area contributed by atoms with Crippen molar-refractivity contribution >= 4 is 149 Å². The number of nitrogens with one attached hydrogen (secondary N) is 5. The summed E-state index contributed by atoms with van der Waals surface area (Å²) in [7, 11) is 4.90. The number of para-hydroxylation sites is 3. The number of fused-ring (bicyclic) bond motifs is 6. The van der Waals surface area contributed by atoms with Gasteiger partial charge in [-0.05, 0) is 191 Å². The monoisotopic (exact) mass is 2020 g/mol. The van der Waals surface area contributed by atoms with Crippen LogP contribution in [0.5, 0.6) is 17.2 Å². The number of nitrogens with zero attached hydrogens (tertiary/aromatic N) is 16. The second kappa shape index (κ2) is 46.7. The molecule has 3 aliphatic heterocycles.